The van der Waals surface area contributed by atoms with Gasteiger partial charge in [-0.1, -0.05) is 18.2 Å². The van der Waals surface area contributed by atoms with Crippen molar-refractivity contribution in [3.63, 3.8) is 0 Å². The lowest BCUT2D eigenvalue weighted by atomic mass is 10.3. The van der Waals surface area contributed by atoms with Crippen molar-refractivity contribution in [2.45, 2.75) is 13.0 Å². The van der Waals surface area contributed by atoms with Crippen LogP contribution in [-0.2, 0) is 9.53 Å². The highest BCUT2D eigenvalue weighted by atomic mass is 16.5. The zero-order valence-electron chi connectivity index (χ0n) is 13.7. The second-order valence-electron chi connectivity index (χ2n) is 5.37. The highest BCUT2D eigenvalue weighted by Gasteiger charge is 2.21. The molecule has 1 atom stereocenters. The van der Waals surface area contributed by atoms with E-state index in [0.29, 0.717) is 11.3 Å². The molecule has 0 saturated carbocycles. The van der Waals surface area contributed by atoms with E-state index in [1.165, 1.54) is 25.5 Å². The normalized spacial score (nSPS) is 11.6. The van der Waals surface area contributed by atoms with Gasteiger partial charge in [0.15, 0.2) is 11.8 Å². The number of imide groups is 1. The Bertz CT molecular complexity index is 954. The number of hydrogen-bond acceptors (Lipinski definition) is 6. The van der Waals surface area contributed by atoms with E-state index in [2.05, 4.69) is 20.8 Å². The van der Waals surface area contributed by atoms with Gasteiger partial charge < -0.3 is 10.1 Å². The summed E-state index contributed by atoms with van der Waals surface area (Å²) in [6.07, 6.45) is 1.78. The molecule has 0 bridgehead atoms. The van der Waals surface area contributed by atoms with Crippen LogP contribution in [0.1, 0.15) is 17.3 Å². The fourth-order valence-electron chi connectivity index (χ4n) is 2.13. The second-order valence-corrected chi connectivity index (χ2v) is 5.37. The van der Waals surface area contributed by atoms with Crippen molar-refractivity contribution in [3.8, 4) is 0 Å². The molecule has 1 unspecified atom stereocenters. The van der Waals surface area contributed by atoms with Gasteiger partial charge >= 0.3 is 12.0 Å². The standard InChI is InChI=1S/C17H15N5O4/c1-11(15(23)20-17(25)19-13-5-3-2-4-6-13)26-16(24)12-7-8-14-21-18-10-22(14)9-12/h2-11H,1H3,(H2,19,20,23,25). The summed E-state index contributed by atoms with van der Waals surface area (Å²) in [5, 5.41) is 12.2. The monoisotopic (exact) mass is 353 g/mol. The van der Waals surface area contributed by atoms with E-state index >= 15 is 0 Å². The van der Waals surface area contributed by atoms with Crippen LogP contribution in [0.4, 0.5) is 10.5 Å². The molecule has 9 heteroatoms. The lowest BCUT2D eigenvalue weighted by Gasteiger charge is -2.13. The summed E-state index contributed by atoms with van der Waals surface area (Å²) in [7, 11) is 0. The molecule has 2 aromatic heterocycles. The molecule has 3 aromatic rings. The third-order valence-corrected chi connectivity index (χ3v) is 3.45. The number of pyridine rings is 1. The van der Waals surface area contributed by atoms with Crippen LogP contribution in [0.25, 0.3) is 5.65 Å². The van der Waals surface area contributed by atoms with Crippen molar-refractivity contribution in [2.75, 3.05) is 5.32 Å². The third kappa shape index (κ3) is 4.01. The Morgan fingerprint density at radius 1 is 1.12 bits per heavy atom. The highest BCUT2D eigenvalue weighted by Crippen LogP contribution is 2.08. The van der Waals surface area contributed by atoms with Gasteiger partial charge in [0.25, 0.3) is 5.91 Å². The molecule has 9 nitrogen and oxygen atoms in total. The Morgan fingerprint density at radius 3 is 2.65 bits per heavy atom. The number of esters is 1. The minimum atomic E-state index is -1.15. The predicted molar refractivity (Wildman–Crippen MR) is 91.5 cm³/mol. The summed E-state index contributed by atoms with van der Waals surface area (Å²) in [6, 6.07) is 11.0. The number of amides is 3. The number of carbonyl (C=O) groups excluding carboxylic acids is 3. The van der Waals surface area contributed by atoms with Crippen molar-refractivity contribution < 1.29 is 19.1 Å². The van der Waals surface area contributed by atoms with Crippen molar-refractivity contribution in [1.82, 2.24) is 19.9 Å². The fourth-order valence-corrected chi connectivity index (χ4v) is 2.13. The molecule has 3 amide bonds. The number of nitrogens with one attached hydrogen (secondary N) is 2. The van der Waals surface area contributed by atoms with Gasteiger partial charge in [0.1, 0.15) is 6.33 Å². The van der Waals surface area contributed by atoms with Crippen molar-refractivity contribution >= 4 is 29.2 Å². The lowest BCUT2D eigenvalue weighted by Crippen LogP contribution is -2.41. The zero-order chi connectivity index (χ0) is 18.5. The average molecular weight is 353 g/mol. The minimum Gasteiger partial charge on any atom is -0.449 e. The van der Waals surface area contributed by atoms with E-state index in [4.69, 9.17) is 4.74 Å². The second kappa shape index (κ2) is 7.43. The van der Waals surface area contributed by atoms with E-state index in [0.717, 1.165) is 0 Å². The molecule has 0 fully saturated rings. The van der Waals surface area contributed by atoms with Gasteiger partial charge in [0.2, 0.25) is 0 Å². The first-order valence-electron chi connectivity index (χ1n) is 7.70. The van der Waals surface area contributed by atoms with E-state index in [-0.39, 0.29) is 5.56 Å². The van der Waals surface area contributed by atoms with Gasteiger partial charge in [-0.25, -0.2) is 9.59 Å². The number of urea groups is 1. The minimum absolute atomic E-state index is 0.227. The Hall–Kier alpha value is -3.75. The van der Waals surface area contributed by atoms with Crippen LogP contribution in [0.5, 0.6) is 0 Å². The molecule has 3 rings (SSSR count). The molecule has 0 spiro atoms. The molecule has 2 heterocycles. The summed E-state index contributed by atoms with van der Waals surface area (Å²) < 4.78 is 6.64. The largest absolute Gasteiger partial charge is 0.449 e. The molecule has 0 aliphatic heterocycles. The van der Waals surface area contributed by atoms with E-state index in [1.807, 2.05) is 0 Å². The average Bonchev–Trinajstić information content (AvgIpc) is 3.10. The van der Waals surface area contributed by atoms with Crippen LogP contribution >= 0.6 is 0 Å². The molecular formula is C17H15N5O4. The molecule has 0 aliphatic carbocycles. The summed E-state index contributed by atoms with van der Waals surface area (Å²) >= 11 is 0. The van der Waals surface area contributed by atoms with Crippen LogP contribution < -0.4 is 10.6 Å². The van der Waals surface area contributed by atoms with Crippen LogP contribution in [-0.4, -0.2) is 38.6 Å². The van der Waals surface area contributed by atoms with Gasteiger partial charge in [0, 0.05) is 11.9 Å². The molecule has 0 radical (unpaired) electrons. The van der Waals surface area contributed by atoms with Crippen molar-refractivity contribution in [2.24, 2.45) is 0 Å². The van der Waals surface area contributed by atoms with Crippen LogP contribution in [0, 0.1) is 0 Å². The maximum absolute atomic E-state index is 12.1. The first-order valence-corrected chi connectivity index (χ1v) is 7.70. The number of para-hydroxylation sites is 1. The first kappa shape index (κ1) is 17.1. The van der Waals surface area contributed by atoms with Gasteiger partial charge in [-0.2, -0.15) is 0 Å². The molecule has 26 heavy (non-hydrogen) atoms. The maximum Gasteiger partial charge on any atom is 0.340 e. The van der Waals surface area contributed by atoms with Crippen molar-refractivity contribution in [1.29, 1.82) is 0 Å². The zero-order valence-corrected chi connectivity index (χ0v) is 13.7. The Balaban J connectivity index is 1.56. The highest BCUT2D eigenvalue weighted by molar-refractivity contribution is 6.03. The van der Waals surface area contributed by atoms with Gasteiger partial charge in [0.05, 0.1) is 5.56 Å². The molecular weight excluding hydrogens is 338 g/mol. The summed E-state index contributed by atoms with van der Waals surface area (Å²) in [4.78, 5) is 36.0. The van der Waals surface area contributed by atoms with Crippen LogP contribution in [0.2, 0.25) is 0 Å². The lowest BCUT2D eigenvalue weighted by molar-refractivity contribution is -0.127. The SMILES string of the molecule is CC(OC(=O)c1ccc2nncn2c1)C(=O)NC(=O)Nc1ccccc1. The molecule has 2 N–H and O–H groups in total. The number of carbonyl (C=O) groups is 3. The fraction of sp³-hybridized carbons (Fsp3) is 0.118. The summed E-state index contributed by atoms with van der Waals surface area (Å²) in [6.45, 7) is 1.38. The number of aromatic nitrogens is 3. The number of rotatable bonds is 4. The number of anilines is 1. The van der Waals surface area contributed by atoms with Gasteiger partial charge in [-0.3, -0.25) is 14.5 Å². The third-order valence-electron chi connectivity index (χ3n) is 3.45. The predicted octanol–water partition coefficient (Wildman–Crippen LogP) is 1.62. The molecule has 132 valence electrons. The number of nitrogens with zero attached hydrogens (tertiary/aromatic N) is 3. The van der Waals surface area contributed by atoms with Gasteiger partial charge in [-0.15, -0.1) is 10.2 Å². The van der Waals surface area contributed by atoms with Crippen LogP contribution in [0.15, 0.2) is 55.0 Å². The quantitative estimate of drug-likeness (QED) is 0.689. The number of benzene rings is 1. The van der Waals surface area contributed by atoms with E-state index in [1.54, 1.807) is 40.8 Å². The van der Waals surface area contributed by atoms with Gasteiger partial charge in [-0.05, 0) is 31.2 Å². The number of hydrogen-bond donors (Lipinski definition) is 2. The topological polar surface area (TPSA) is 115 Å². The molecule has 0 aliphatic rings. The molecule has 1 aromatic carbocycles. The van der Waals surface area contributed by atoms with Crippen molar-refractivity contribution in [3.05, 3.63) is 60.6 Å². The number of fused-ring (bicyclic) bond motifs is 1. The summed E-state index contributed by atoms with van der Waals surface area (Å²) in [5.41, 5.74) is 1.33. The Morgan fingerprint density at radius 2 is 1.88 bits per heavy atom. The van der Waals surface area contributed by atoms with Crippen LogP contribution in [0.3, 0.4) is 0 Å². The Labute approximate surface area is 148 Å². The number of ether oxygens (including phenoxy) is 1. The first-order chi connectivity index (χ1) is 12.5. The maximum atomic E-state index is 12.1. The molecule has 0 saturated heterocycles. The van der Waals surface area contributed by atoms with E-state index in [9.17, 15) is 14.4 Å². The Kier molecular flexibility index (Phi) is 4.88. The summed E-state index contributed by atoms with van der Waals surface area (Å²) in [5.74, 6) is -1.44. The van der Waals surface area contributed by atoms with E-state index < -0.39 is 24.0 Å². The smallest absolute Gasteiger partial charge is 0.340 e.